The van der Waals surface area contributed by atoms with E-state index in [0.29, 0.717) is 11.6 Å². The summed E-state index contributed by atoms with van der Waals surface area (Å²) in [5.41, 5.74) is 1.77. The maximum atomic E-state index is 12.2. The normalized spacial score (nSPS) is 13.9. The molecule has 0 fully saturated rings. The molecule has 2 unspecified atom stereocenters. The van der Waals surface area contributed by atoms with Crippen LogP contribution in [0.25, 0.3) is 0 Å². The largest absolute Gasteiger partial charge is 0.396 e. The molecule has 0 aliphatic carbocycles. The zero-order valence-corrected chi connectivity index (χ0v) is 13.8. The SMILES string of the molecule is CCN(c1ccc(C(=O)NC(C)C(C)CO)cc1)C(C)C. The molecule has 1 aromatic rings. The Bertz CT molecular complexity index is 443. The van der Waals surface area contributed by atoms with Gasteiger partial charge in [0.25, 0.3) is 5.91 Å². The second-order valence-electron chi connectivity index (χ2n) is 5.85. The molecule has 4 heteroatoms. The minimum atomic E-state index is -0.0954. The lowest BCUT2D eigenvalue weighted by atomic mass is 10.0. The molecule has 0 saturated carbocycles. The smallest absolute Gasteiger partial charge is 0.251 e. The molecule has 0 saturated heterocycles. The van der Waals surface area contributed by atoms with Gasteiger partial charge in [-0.05, 0) is 57.9 Å². The third-order valence-corrected chi connectivity index (χ3v) is 3.93. The second kappa shape index (κ2) is 8.03. The van der Waals surface area contributed by atoms with Gasteiger partial charge in [0.1, 0.15) is 0 Å². The molecule has 0 spiro atoms. The van der Waals surface area contributed by atoms with Crippen LogP contribution in [-0.2, 0) is 0 Å². The number of amides is 1. The van der Waals surface area contributed by atoms with Gasteiger partial charge >= 0.3 is 0 Å². The summed E-state index contributed by atoms with van der Waals surface area (Å²) < 4.78 is 0. The number of carbonyl (C=O) groups excluding carboxylic acids is 1. The van der Waals surface area contributed by atoms with E-state index in [1.807, 2.05) is 38.1 Å². The Morgan fingerprint density at radius 3 is 2.19 bits per heavy atom. The Kier molecular flexibility index (Phi) is 6.69. The van der Waals surface area contributed by atoms with E-state index in [2.05, 4.69) is 31.0 Å². The van der Waals surface area contributed by atoms with Crippen molar-refractivity contribution in [2.24, 2.45) is 5.92 Å². The fourth-order valence-corrected chi connectivity index (χ4v) is 2.24. The molecular weight excluding hydrogens is 264 g/mol. The van der Waals surface area contributed by atoms with Crippen molar-refractivity contribution in [2.75, 3.05) is 18.1 Å². The number of benzene rings is 1. The van der Waals surface area contributed by atoms with Crippen LogP contribution in [0.4, 0.5) is 5.69 Å². The number of nitrogens with zero attached hydrogens (tertiary/aromatic N) is 1. The molecule has 4 nitrogen and oxygen atoms in total. The average Bonchev–Trinajstić information content (AvgIpc) is 2.47. The summed E-state index contributed by atoms with van der Waals surface area (Å²) in [5, 5.41) is 12.0. The first-order valence-corrected chi connectivity index (χ1v) is 7.69. The summed E-state index contributed by atoms with van der Waals surface area (Å²) in [5.74, 6) is -0.0494. The number of nitrogens with one attached hydrogen (secondary N) is 1. The molecule has 1 rings (SSSR count). The summed E-state index contributed by atoms with van der Waals surface area (Å²) in [6.07, 6.45) is 0. The summed E-state index contributed by atoms with van der Waals surface area (Å²) in [7, 11) is 0. The lowest BCUT2D eigenvalue weighted by Crippen LogP contribution is -2.38. The maximum Gasteiger partial charge on any atom is 0.251 e. The number of hydrogen-bond acceptors (Lipinski definition) is 3. The number of aliphatic hydroxyl groups is 1. The maximum absolute atomic E-state index is 12.2. The van der Waals surface area contributed by atoms with Crippen LogP contribution in [0.3, 0.4) is 0 Å². The third kappa shape index (κ3) is 4.74. The third-order valence-electron chi connectivity index (χ3n) is 3.93. The minimum Gasteiger partial charge on any atom is -0.396 e. The predicted molar refractivity (Wildman–Crippen MR) is 87.8 cm³/mol. The number of carbonyl (C=O) groups is 1. The van der Waals surface area contributed by atoms with Crippen LogP contribution in [-0.4, -0.2) is 36.2 Å². The van der Waals surface area contributed by atoms with Crippen molar-refractivity contribution in [3.05, 3.63) is 29.8 Å². The van der Waals surface area contributed by atoms with E-state index in [1.54, 1.807) is 0 Å². The average molecular weight is 292 g/mol. The zero-order valence-electron chi connectivity index (χ0n) is 13.8. The molecular formula is C17H28N2O2. The number of anilines is 1. The van der Waals surface area contributed by atoms with Crippen molar-refractivity contribution in [3.63, 3.8) is 0 Å². The van der Waals surface area contributed by atoms with Crippen LogP contribution in [0.2, 0.25) is 0 Å². The first-order chi connectivity index (χ1) is 9.90. The van der Waals surface area contributed by atoms with Gasteiger partial charge in [0.2, 0.25) is 0 Å². The van der Waals surface area contributed by atoms with Gasteiger partial charge in [0.05, 0.1) is 0 Å². The lowest BCUT2D eigenvalue weighted by molar-refractivity contribution is 0.0916. The monoisotopic (exact) mass is 292 g/mol. The van der Waals surface area contributed by atoms with Crippen LogP contribution >= 0.6 is 0 Å². The van der Waals surface area contributed by atoms with Crippen LogP contribution in [0.1, 0.15) is 45.0 Å². The zero-order chi connectivity index (χ0) is 16.0. The quantitative estimate of drug-likeness (QED) is 0.812. The first kappa shape index (κ1) is 17.5. The van der Waals surface area contributed by atoms with E-state index >= 15 is 0 Å². The molecule has 21 heavy (non-hydrogen) atoms. The topological polar surface area (TPSA) is 52.6 Å². The highest BCUT2D eigenvalue weighted by Gasteiger charge is 2.15. The predicted octanol–water partition coefficient (Wildman–Crippen LogP) is 2.67. The highest BCUT2D eigenvalue weighted by Crippen LogP contribution is 2.18. The summed E-state index contributed by atoms with van der Waals surface area (Å²) in [4.78, 5) is 14.4. The molecule has 0 aromatic heterocycles. The number of aliphatic hydroxyl groups excluding tert-OH is 1. The van der Waals surface area contributed by atoms with Crippen molar-refractivity contribution < 1.29 is 9.90 Å². The van der Waals surface area contributed by atoms with Gasteiger partial charge < -0.3 is 15.3 Å². The Hall–Kier alpha value is -1.55. The van der Waals surface area contributed by atoms with E-state index in [1.165, 1.54) is 0 Å². The van der Waals surface area contributed by atoms with Crippen LogP contribution in [0.5, 0.6) is 0 Å². The van der Waals surface area contributed by atoms with Gasteiger partial charge in [0, 0.05) is 36.5 Å². The Morgan fingerprint density at radius 1 is 1.19 bits per heavy atom. The minimum absolute atomic E-state index is 0.0461. The molecule has 0 aliphatic heterocycles. The van der Waals surface area contributed by atoms with Crippen LogP contribution in [0.15, 0.2) is 24.3 Å². The first-order valence-electron chi connectivity index (χ1n) is 7.69. The molecule has 118 valence electrons. The molecule has 2 N–H and O–H groups in total. The molecule has 1 aromatic carbocycles. The van der Waals surface area contributed by atoms with E-state index in [0.717, 1.165) is 12.2 Å². The molecule has 1 amide bonds. The molecule has 2 atom stereocenters. The second-order valence-corrected chi connectivity index (χ2v) is 5.85. The standard InChI is InChI=1S/C17H28N2O2/c1-6-19(12(2)3)16-9-7-15(8-10-16)17(21)18-14(5)13(4)11-20/h7-10,12-14,20H,6,11H2,1-5H3,(H,18,21). The van der Waals surface area contributed by atoms with Crippen LogP contribution < -0.4 is 10.2 Å². The fourth-order valence-electron chi connectivity index (χ4n) is 2.24. The Morgan fingerprint density at radius 2 is 1.76 bits per heavy atom. The highest BCUT2D eigenvalue weighted by molar-refractivity contribution is 5.94. The van der Waals surface area contributed by atoms with Crippen molar-refractivity contribution in [1.82, 2.24) is 5.32 Å². The van der Waals surface area contributed by atoms with Crippen molar-refractivity contribution in [1.29, 1.82) is 0 Å². The van der Waals surface area contributed by atoms with Crippen molar-refractivity contribution in [2.45, 2.75) is 46.7 Å². The van der Waals surface area contributed by atoms with E-state index in [9.17, 15) is 4.79 Å². The molecule has 0 heterocycles. The fraction of sp³-hybridized carbons (Fsp3) is 0.588. The lowest BCUT2D eigenvalue weighted by Gasteiger charge is -2.27. The molecule has 0 aliphatic rings. The molecule has 0 radical (unpaired) electrons. The van der Waals surface area contributed by atoms with Gasteiger partial charge in [0.15, 0.2) is 0 Å². The van der Waals surface area contributed by atoms with Gasteiger partial charge in [-0.25, -0.2) is 0 Å². The molecule has 0 bridgehead atoms. The number of hydrogen-bond donors (Lipinski definition) is 2. The summed E-state index contributed by atoms with van der Waals surface area (Å²) in [6.45, 7) is 11.3. The van der Waals surface area contributed by atoms with Crippen molar-refractivity contribution in [3.8, 4) is 0 Å². The number of rotatable bonds is 7. The van der Waals surface area contributed by atoms with Gasteiger partial charge in [-0.2, -0.15) is 0 Å². The summed E-state index contributed by atoms with van der Waals surface area (Å²) in [6, 6.07) is 8.06. The van der Waals surface area contributed by atoms with E-state index in [4.69, 9.17) is 5.11 Å². The van der Waals surface area contributed by atoms with E-state index in [-0.39, 0.29) is 24.5 Å². The van der Waals surface area contributed by atoms with Gasteiger partial charge in [-0.1, -0.05) is 6.92 Å². The van der Waals surface area contributed by atoms with Crippen LogP contribution in [0, 0.1) is 5.92 Å². The Balaban J connectivity index is 2.75. The van der Waals surface area contributed by atoms with E-state index < -0.39 is 0 Å². The summed E-state index contributed by atoms with van der Waals surface area (Å²) >= 11 is 0. The highest BCUT2D eigenvalue weighted by atomic mass is 16.3. The van der Waals surface area contributed by atoms with Crippen molar-refractivity contribution >= 4 is 11.6 Å². The van der Waals surface area contributed by atoms with Gasteiger partial charge in [-0.15, -0.1) is 0 Å². The van der Waals surface area contributed by atoms with Gasteiger partial charge in [-0.3, -0.25) is 4.79 Å². The Labute approximate surface area is 128 Å².